The van der Waals surface area contributed by atoms with Crippen LogP contribution in [0.25, 0.3) is 0 Å². The van der Waals surface area contributed by atoms with E-state index >= 15 is 0 Å². The predicted molar refractivity (Wildman–Crippen MR) is 115 cm³/mol. The van der Waals surface area contributed by atoms with E-state index in [1.807, 2.05) is 0 Å². The van der Waals surface area contributed by atoms with Gasteiger partial charge < -0.3 is 10.1 Å². The van der Waals surface area contributed by atoms with E-state index in [1.54, 1.807) is 24.3 Å². The van der Waals surface area contributed by atoms with Crippen LogP contribution in [0.4, 0.5) is 17.1 Å². The van der Waals surface area contributed by atoms with Gasteiger partial charge in [-0.25, -0.2) is 8.42 Å². The normalized spacial score (nSPS) is 15.0. The molecule has 31 heavy (non-hydrogen) atoms. The number of hydrogen-bond acceptors (Lipinski definition) is 8. The van der Waals surface area contributed by atoms with Crippen LogP contribution in [0.2, 0.25) is 0 Å². The summed E-state index contributed by atoms with van der Waals surface area (Å²) in [5.74, 6) is -0.186. The molecule has 0 aliphatic carbocycles. The highest BCUT2D eigenvalue weighted by Crippen LogP contribution is 2.29. The van der Waals surface area contributed by atoms with Gasteiger partial charge in [-0.3, -0.25) is 20.3 Å². The first-order chi connectivity index (χ1) is 14.8. The van der Waals surface area contributed by atoms with Crippen LogP contribution < -0.4 is 10.7 Å². The van der Waals surface area contributed by atoms with Crippen LogP contribution in [-0.4, -0.2) is 56.1 Å². The zero-order chi connectivity index (χ0) is 22.4. The van der Waals surface area contributed by atoms with E-state index in [2.05, 4.69) is 15.8 Å². The van der Waals surface area contributed by atoms with Gasteiger partial charge in [-0.05, 0) is 29.8 Å². The lowest BCUT2D eigenvalue weighted by molar-refractivity contribution is -0.384. The van der Waals surface area contributed by atoms with Crippen molar-refractivity contribution in [3.8, 4) is 0 Å². The third-order valence-electron chi connectivity index (χ3n) is 4.40. The second-order valence-electron chi connectivity index (χ2n) is 6.63. The molecule has 164 valence electrons. The molecule has 1 saturated heterocycles. The largest absolute Gasteiger partial charge is 0.379 e. The smallest absolute Gasteiger partial charge is 0.295 e. The first-order valence-corrected chi connectivity index (χ1v) is 10.7. The quantitative estimate of drug-likeness (QED) is 0.375. The van der Waals surface area contributed by atoms with Gasteiger partial charge in [0.15, 0.2) is 0 Å². The highest BCUT2D eigenvalue weighted by molar-refractivity contribution is 7.89. The molecule has 2 aromatic carbocycles. The van der Waals surface area contributed by atoms with Crippen LogP contribution in [0.15, 0.2) is 52.5 Å². The second kappa shape index (κ2) is 9.64. The lowest BCUT2D eigenvalue weighted by Crippen LogP contribution is -2.40. The number of benzene rings is 2. The number of hydrogen-bond donors (Lipinski definition) is 2. The van der Waals surface area contributed by atoms with E-state index in [0.717, 1.165) is 6.07 Å². The molecule has 3 rings (SSSR count). The first kappa shape index (κ1) is 22.3. The maximum atomic E-state index is 12.7. The number of rotatable bonds is 7. The van der Waals surface area contributed by atoms with Crippen LogP contribution in [0.5, 0.6) is 0 Å². The maximum Gasteiger partial charge on any atom is 0.295 e. The molecule has 0 unspecified atom stereocenters. The van der Waals surface area contributed by atoms with Crippen molar-refractivity contribution in [2.24, 2.45) is 5.10 Å². The summed E-state index contributed by atoms with van der Waals surface area (Å²) in [5, 5.41) is 18.1. The molecular formula is C19H21N5O6S. The minimum absolute atomic E-state index is 0.0528. The Balaban J connectivity index is 1.76. The molecule has 11 nitrogen and oxygen atoms in total. The Labute approximate surface area is 178 Å². The number of sulfonamides is 1. The number of morpholine rings is 1. The van der Waals surface area contributed by atoms with Crippen LogP contribution in [0, 0.1) is 10.1 Å². The molecule has 0 spiro atoms. The third kappa shape index (κ3) is 5.63. The molecule has 1 amide bonds. The molecule has 2 aromatic rings. The topological polar surface area (TPSA) is 143 Å². The second-order valence-corrected chi connectivity index (χ2v) is 8.56. The van der Waals surface area contributed by atoms with Crippen molar-refractivity contribution in [1.29, 1.82) is 0 Å². The SMILES string of the molecule is CC(=O)Nc1ccc(/C=N/Nc2ccc(S(=O)(=O)N3CCOCC3)cc2[N+](=O)[O-])cc1. The van der Waals surface area contributed by atoms with Gasteiger partial charge in [-0.2, -0.15) is 9.41 Å². The van der Waals surface area contributed by atoms with E-state index in [-0.39, 0.29) is 42.8 Å². The maximum absolute atomic E-state index is 12.7. The Bertz CT molecular complexity index is 1100. The van der Waals surface area contributed by atoms with Crippen molar-refractivity contribution >= 4 is 39.2 Å². The van der Waals surface area contributed by atoms with E-state index in [1.165, 1.54) is 29.6 Å². The molecule has 1 heterocycles. The van der Waals surface area contributed by atoms with Crippen LogP contribution in [0.1, 0.15) is 12.5 Å². The molecule has 0 aromatic heterocycles. The van der Waals surface area contributed by atoms with E-state index in [0.29, 0.717) is 11.3 Å². The number of anilines is 2. The highest BCUT2D eigenvalue weighted by Gasteiger charge is 2.28. The van der Waals surface area contributed by atoms with Crippen molar-refractivity contribution in [3.63, 3.8) is 0 Å². The minimum Gasteiger partial charge on any atom is -0.379 e. The van der Waals surface area contributed by atoms with Crippen LogP contribution in [0.3, 0.4) is 0 Å². The van der Waals surface area contributed by atoms with Crippen molar-refractivity contribution in [3.05, 3.63) is 58.1 Å². The Morgan fingerprint density at radius 3 is 2.48 bits per heavy atom. The van der Waals surface area contributed by atoms with E-state index in [4.69, 9.17) is 4.74 Å². The van der Waals surface area contributed by atoms with Crippen molar-refractivity contribution < 1.29 is 22.9 Å². The molecule has 1 aliphatic rings. The van der Waals surface area contributed by atoms with Gasteiger partial charge in [0.25, 0.3) is 5.69 Å². The molecule has 0 radical (unpaired) electrons. The first-order valence-electron chi connectivity index (χ1n) is 9.30. The number of ether oxygens (including phenoxy) is 1. The van der Waals surface area contributed by atoms with Crippen molar-refractivity contribution in [2.75, 3.05) is 37.0 Å². The summed E-state index contributed by atoms with van der Waals surface area (Å²) < 4.78 is 31.9. The van der Waals surface area contributed by atoms with Crippen molar-refractivity contribution in [2.45, 2.75) is 11.8 Å². The van der Waals surface area contributed by atoms with Crippen LogP contribution >= 0.6 is 0 Å². The number of hydrazone groups is 1. The van der Waals surface area contributed by atoms with Crippen LogP contribution in [-0.2, 0) is 19.6 Å². The number of carbonyl (C=O) groups is 1. The third-order valence-corrected chi connectivity index (χ3v) is 6.30. The summed E-state index contributed by atoms with van der Waals surface area (Å²) in [5.41, 5.74) is 3.54. The molecule has 12 heteroatoms. The fraction of sp³-hybridized carbons (Fsp3) is 0.263. The van der Waals surface area contributed by atoms with Gasteiger partial charge in [0.2, 0.25) is 15.9 Å². The van der Waals surface area contributed by atoms with Gasteiger partial charge in [-0.15, -0.1) is 0 Å². The fourth-order valence-corrected chi connectivity index (χ4v) is 4.31. The van der Waals surface area contributed by atoms with Gasteiger partial charge in [0.1, 0.15) is 5.69 Å². The van der Waals surface area contributed by atoms with Gasteiger partial charge in [0.05, 0.1) is 29.2 Å². The fourth-order valence-electron chi connectivity index (χ4n) is 2.89. The lowest BCUT2D eigenvalue weighted by atomic mass is 10.2. The van der Waals surface area contributed by atoms with E-state index < -0.39 is 20.6 Å². The summed E-state index contributed by atoms with van der Waals surface area (Å²) in [6, 6.07) is 10.4. The molecule has 0 atom stereocenters. The highest BCUT2D eigenvalue weighted by atomic mass is 32.2. The van der Waals surface area contributed by atoms with E-state index in [9.17, 15) is 23.3 Å². The average molecular weight is 447 g/mol. The number of carbonyl (C=O) groups excluding carboxylic acids is 1. The van der Waals surface area contributed by atoms with Crippen molar-refractivity contribution in [1.82, 2.24) is 4.31 Å². The molecule has 0 bridgehead atoms. The molecule has 1 aliphatic heterocycles. The molecule has 1 fully saturated rings. The van der Waals surface area contributed by atoms with Gasteiger partial charge in [0, 0.05) is 31.8 Å². The summed E-state index contributed by atoms with van der Waals surface area (Å²) in [6.07, 6.45) is 1.44. The predicted octanol–water partition coefficient (Wildman–Crippen LogP) is 2.02. The Morgan fingerprint density at radius 2 is 1.87 bits per heavy atom. The monoisotopic (exact) mass is 447 g/mol. The summed E-state index contributed by atoms with van der Waals surface area (Å²) >= 11 is 0. The minimum atomic E-state index is -3.86. The average Bonchev–Trinajstić information content (AvgIpc) is 2.75. The lowest BCUT2D eigenvalue weighted by Gasteiger charge is -2.26. The number of nitro benzene ring substituents is 1. The zero-order valence-electron chi connectivity index (χ0n) is 16.6. The summed E-state index contributed by atoms with van der Waals surface area (Å²) in [7, 11) is -3.86. The number of nitrogens with one attached hydrogen (secondary N) is 2. The Hall–Kier alpha value is -3.35. The summed E-state index contributed by atoms with van der Waals surface area (Å²) in [6.45, 7) is 2.36. The zero-order valence-corrected chi connectivity index (χ0v) is 17.5. The standard InChI is InChI=1S/C19H21N5O6S/c1-14(25)21-16-4-2-15(3-5-16)13-20-22-18-7-6-17(12-19(18)24(26)27)31(28,29)23-8-10-30-11-9-23/h2-7,12-13,22H,8-11H2,1H3,(H,21,25)/b20-13+. The number of nitro groups is 1. The number of nitrogens with zero attached hydrogens (tertiary/aromatic N) is 3. The Kier molecular flexibility index (Phi) is 6.95. The summed E-state index contributed by atoms with van der Waals surface area (Å²) in [4.78, 5) is 21.7. The molecular weight excluding hydrogens is 426 g/mol. The Morgan fingerprint density at radius 1 is 1.19 bits per heavy atom. The molecule has 0 saturated carbocycles. The van der Waals surface area contributed by atoms with Gasteiger partial charge >= 0.3 is 0 Å². The molecule has 2 N–H and O–H groups in total. The van der Waals surface area contributed by atoms with Gasteiger partial charge in [-0.1, -0.05) is 12.1 Å². The number of amides is 1.